The van der Waals surface area contributed by atoms with Crippen LogP contribution < -0.4 is 0 Å². The number of hydrogen-bond donors (Lipinski definition) is 0. The highest BCUT2D eigenvalue weighted by molar-refractivity contribution is 6.94. The van der Waals surface area contributed by atoms with Gasteiger partial charge in [-0.15, -0.1) is 0 Å². The third-order valence-corrected chi connectivity index (χ3v) is 40.6. The quantitative estimate of drug-likeness (QED) is 0.0583. The van der Waals surface area contributed by atoms with E-state index in [9.17, 15) is 0 Å². The van der Waals surface area contributed by atoms with Gasteiger partial charge in [0.1, 0.15) is 0 Å². The molecule has 0 aliphatic heterocycles. The maximum Gasteiger partial charge on any atom is 0.469 e. The lowest BCUT2D eigenvalue weighted by Gasteiger charge is -2.56. The minimum Gasteiger partial charge on any atom is -0.415 e. The van der Waals surface area contributed by atoms with Crippen LogP contribution in [0.5, 0.6) is 0 Å². The van der Waals surface area contributed by atoms with Crippen molar-refractivity contribution in [2.24, 2.45) is 0 Å². The van der Waals surface area contributed by atoms with Crippen LogP contribution in [0.15, 0.2) is 0 Å². The predicted octanol–water partition coefficient (Wildman–Crippen LogP) is 15.0. The molecule has 0 aliphatic carbocycles. The third kappa shape index (κ3) is 12.7. The molecule has 0 unspecified atom stereocenters. The summed E-state index contributed by atoms with van der Waals surface area (Å²) in [7, 11) is -12.3. The normalized spacial score (nSPS) is 14.5. The average molecular weight is 794 g/mol. The summed E-state index contributed by atoms with van der Waals surface area (Å²) in [6.45, 7) is 51.8. The zero-order valence-electron chi connectivity index (χ0n) is 37.8. The number of unbranched alkanes of at least 4 members (excludes halogenated alkanes) is 5. The summed E-state index contributed by atoms with van der Waals surface area (Å²) in [5.41, 5.74) is 4.30. The molecular weight excluding hydrogens is 701 g/mol. The lowest BCUT2D eigenvalue weighted by Crippen LogP contribution is -2.69. The van der Waals surface area contributed by atoms with Crippen LogP contribution in [0.25, 0.3) is 0 Å². The first-order valence-corrected chi connectivity index (χ1v) is 32.2. The summed E-state index contributed by atoms with van der Waals surface area (Å²) in [5, 5.41) is 0. The molecule has 0 rings (SSSR count). The Bertz CT molecular complexity index is 752. The van der Waals surface area contributed by atoms with E-state index in [0.717, 1.165) is 31.7 Å². The maximum atomic E-state index is 8.23. The number of hydrogen-bond acceptors (Lipinski definition) is 5. The van der Waals surface area contributed by atoms with Crippen molar-refractivity contribution in [3.8, 4) is 0 Å². The van der Waals surface area contributed by atoms with Crippen molar-refractivity contribution < 1.29 is 21.2 Å². The molecule has 0 radical (unpaired) electrons. The van der Waals surface area contributed by atoms with E-state index < -0.39 is 42.3 Å². The highest BCUT2D eigenvalue weighted by Crippen LogP contribution is 2.53. The van der Waals surface area contributed by atoms with Gasteiger partial charge in [0.05, 0.1) is 0 Å². The number of rotatable bonds is 28. The van der Waals surface area contributed by atoms with Gasteiger partial charge in [-0.2, -0.15) is 0 Å². The Morgan fingerprint density at radius 3 is 0.780 bits per heavy atom. The maximum absolute atomic E-state index is 8.23. The first-order chi connectivity index (χ1) is 22.9. The van der Waals surface area contributed by atoms with Gasteiger partial charge in [0.25, 0.3) is 0 Å². The molecule has 0 aromatic heterocycles. The SMILES string of the molecule is CCO[Si](C)(CCCCCCCC[Si](O[Si](C(C)C)(C(C)C)C(C)C)(O[Si](C(C)C)(C(C)C)C(C)C)O[Si](C(C)C)(C(C)C)C(C)C)OCC. The Morgan fingerprint density at radius 2 is 0.560 bits per heavy atom. The highest BCUT2D eigenvalue weighted by Gasteiger charge is 2.63. The lowest BCUT2D eigenvalue weighted by atomic mass is 10.1. The van der Waals surface area contributed by atoms with E-state index in [-0.39, 0.29) is 0 Å². The topological polar surface area (TPSA) is 46.2 Å². The van der Waals surface area contributed by atoms with Gasteiger partial charge < -0.3 is 21.2 Å². The van der Waals surface area contributed by atoms with Crippen LogP contribution in [0.2, 0.25) is 68.5 Å². The summed E-state index contributed by atoms with van der Waals surface area (Å²) in [6, 6.07) is 2.04. The van der Waals surface area contributed by atoms with Crippen molar-refractivity contribution in [2.75, 3.05) is 13.2 Å². The molecule has 0 heterocycles. The average Bonchev–Trinajstić information content (AvgIpc) is 2.97. The van der Waals surface area contributed by atoms with Gasteiger partial charge in [-0.3, -0.25) is 0 Å². The molecule has 0 fully saturated rings. The van der Waals surface area contributed by atoms with Crippen molar-refractivity contribution in [1.29, 1.82) is 0 Å². The van der Waals surface area contributed by atoms with Gasteiger partial charge in [-0.05, 0) is 82.7 Å². The summed E-state index contributed by atoms with van der Waals surface area (Å²) in [5.74, 6) is 0. The van der Waals surface area contributed by atoms with Crippen molar-refractivity contribution in [3.63, 3.8) is 0 Å². The van der Waals surface area contributed by atoms with E-state index in [1.807, 2.05) is 0 Å². The van der Waals surface area contributed by atoms with Crippen molar-refractivity contribution in [1.82, 2.24) is 0 Å². The Kier molecular flexibility index (Phi) is 22.8. The molecule has 0 saturated carbocycles. The molecule has 302 valence electrons. The fourth-order valence-corrected chi connectivity index (χ4v) is 43.3. The Morgan fingerprint density at radius 1 is 0.340 bits per heavy atom. The molecular formula is C40H92O5Si5. The molecule has 0 N–H and O–H groups in total. The Labute approximate surface area is 320 Å². The van der Waals surface area contributed by atoms with E-state index in [4.69, 9.17) is 21.2 Å². The van der Waals surface area contributed by atoms with E-state index >= 15 is 0 Å². The van der Waals surface area contributed by atoms with Crippen LogP contribution in [0.3, 0.4) is 0 Å². The van der Waals surface area contributed by atoms with Gasteiger partial charge in [0.15, 0.2) is 25.0 Å². The molecule has 50 heavy (non-hydrogen) atoms. The highest BCUT2D eigenvalue weighted by atomic mass is 28.5. The fraction of sp³-hybridized carbons (Fsp3) is 1.00. The Hall–Kier alpha value is 0.884. The second-order valence-corrected chi connectivity index (χ2v) is 41.7. The second-order valence-electron chi connectivity index (χ2n) is 18.6. The monoisotopic (exact) mass is 793 g/mol. The fourth-order valence-electron chi connectivity index (χ4n) is 10.4. The first kappa shape index (κ1) is 50.9. The standard InChI is InChI=1S/C40H92O5Si5/c1-22-41-46(21,42-23-2)30-28-26-24-25-27-29-31-47(43-48(32(3)4,33(5)6)34(7)8,44-49(35(9)10,36(11)12)37(13)14)45-50(38(15)16,39(17)18)40(19)20/h32-40H,22-31H2,1-21H3. The molecule has 5 nitrogen and oxygen atoms in total. The van der Waals surface area contributed by atoms with Crippen LogP contribution in [-0.2, 0) is 21.2 Å². The molecule has 0 atom stereocenters. The summed E-state index contributed by atoms with van der Waals surface area (Å²) in [4.78, 5) is 0. The first-order valence-electron chi connectivity index (χ1n) is 21.3. The minimum atomic E-state index is -3.23. The molecule has 0 amide bonds. The summed E-state index contributed by atoms with van der Waals surface area (Å²) in [6.07, 6.45) is 7.26. The van der Waals surface area contributed by atoms with E-state index in [1.165, 1.54) is 32.1 Å². The van der Waals surface area contributed by atoms with Crippen LogP contribution in [0, 0.1) is 0 Å². The molecule has 0 aromatic rings. The Balaban J connectivity index is 7.11. The van der Waals surface area contributed by atoms with Gasteiger partial charge in [-0.25, -0.2) is 0 Å². The van der Waals surface area contributed by atoms with Crippen LogP contribution in [0.4, 0.5) is 0 Å². The van der Waals surface area contributed by atoms with Gasteiger partial charge >= 0.3 is 17.4 Å². The van der Waals surface area contributed by atoms with E-state index in [1.54, 1.807) is 0 Å². The predicted molar refractivity (Wildman–Crippen MR) is 234 cm³/mol. The van der Waals surface area contributed by atoms with Crippen molar-refractivity contribution in [3.05, 3.63) is 0 Å². The van der Waals surface area contributed by atoms with E-state index in [2.05, 4.69) is 145 Å². The molecule has 0 saturated heterocycles. The molecule has 0 aromatic carbocycles. The second kappa shape index (κ2) is 22.4. The summed E-state index contributed by atoms with van der Waals surface area (Å²) < 4.78 is 36.9. The van der Waals surface area contributed by atoms with Crippen molar-refractivity contribution >= 4 is 42.3 Å². The van der Waals surface area contributed by atoms with E-state index in [0.29, 0.717) is 49.9 Å². The van der Waals surface area contributed by atoms with Crippen molar-refractivity contribution in [2.45, 2.75) is 246 Å². The third-order valence-electron chi connectivity index (χ3n) is 12.4. The smallest absolute Gasteiger partial charge is 0.415 e. The zero-order chi connectivity index (χ0) is 39.3. The molecule has 0 bridgehead atoms. The van der Waals surface area contributed by atoms with Crippen LogP contribution in [-0.4, -0.2) is 55.5 Å². The molecule has 0 aliphatic rings. The van der Waals surface area contributed by atoms with Crippen LogP contribution >= 0.6 is 0 Å². The molecule has 10 heteroatoms. The largest absolute Gasteiger partial charge is 0.469 e. The minimum absolute atomic E-state index is 0.477. The lowest BCUT2D eigenvalue weighted by molar-refractivity contribution is 0.188. The zero-order valence-corrected chi connectivity index (χ0v) is 42.8. The van der Waals surface area contributed by atoms with Gasteiger partial charge in [0, 0.05) is 19.3 Å². The summed E-state index contributed by atoms with van der Waals surface area (Å²) >= 11 is 0. The van der Waals surface area contributed by atoms with Gasteiger partial charge in [-0.1, -0.05) is 157 Å². The van der Waals surface area contributed by atoms with Gasteiger partial charge in [0.2, 0.25) is 0 Å². The molecule has 0 spiro atoms. The van der Waals surface area contributed by atoms with Crippen LogP contribution in [0.1, 0.15) is 177 Å².